The third kappa shape index (κ3) is 2.55. The summed E-state index contributed by atoms with van der Waals surface area (Å²) in [7, 11) is 0. The maximum Gasteiger partial charge on any atom is 0.253 e. The lowest BCUT2D eigenvalue weighted by molar-refractivity contribution is 0.0946. The minimum atomic E-state index is -0.518. The Balaban J connectivity index is 1.75. The summed E-state index contributed by atoms with van der Waals surface area (Å²) in [5, 5.41) is 2.86. The summed E-state index contributed by atoms with van der Waals surface area (Å²) in [5.41, 5.74) is 3.43. The fourth-order valence-electron chi connectivity index (χ4n) is 2.71. The predicted molar refractivity (Wildman–Crippen MR) is 88.3 cm³/mol. The summed E-state index contributed by atoms with van der Waals surface area (Å²) in [5.74, 6) is -0.219. The van der Waals surface area contributed by atoms with Crippen LogP contribution in [0.4, 0.5) is 4.39 Å². The van der Waals surface area contributed by atoms with Crippen molar-refractivity contribution in [2.45, 2.75) is 6.42 Å². The molecule has 0 unspecified atom stereocenters. The number of amides is 1. The molecule has 120 valence electrons. The number of halogens is 2. The van der Waals surface area contributed by atoms with Crippen LogP contribution in [0.1, 0.15) is 16.1 Å². The SMILES string of the molecule is O=C1NCCc2[nH]c(-c3ccnc(-c4ccc(Cl)c(F)c4)n3)cc21. The summed E-state index contributed by atoms with van der Waals surface area (Å²) in [4.78, 5) is 23.8. The molecular weight excluding hydrogens is 331 g/mol. The van der Waals surface area contributed by atoms with Crippen molar-refractivity contribution in [1.82, 2.24) is 20.3 Å². The van der Waals surface area contributed by atoms with Crippen LogP contribution in [-0.4, -0.2) is 27.4 Å². The number of carbonyl (C=O) groups excluding carboxylic acids is 1. The molecule has 2 N–H and O–H groups in total. The van der Waals surface area contributed by atoms with Crippen LogP contribution in [0, 0.1) is 5.82 Å². The van der Waals surface area contributed by atoms with Crippen molar-refractivity contribution in [3.8, 4) is 22.8 Å². The molecule has 0 bridgehead atoms. The quantitative estimate of drug-likeness (QED) is 0.751. The number of nitrogens with zero attached hydrogens (tertiary/aromatic N) is 2. The lowest BCUT2D eigenvalue weighted by Crippen LogP contribution is -2.31. The minimum absolute atomic E-state index is 0.0537. The number of benzene rings is 1. The second-order valence-corrected chi connectivity index (χ2v) is 5.88. The monoisotopic (exact) mass is 342 g/mol. The number of H-pyrrole nitrogens is 1. The van der Waals surface area contributed by atoms with Crippen LogP contribution in [0.25, 0.3) is 22.8 Å². The van der Waals surface area contributed by atoms with E-state index in [1.54, 1.807) is 24.4 Å². The first kappa shape index (κ1) is 14.8. The number of aromatic amines is 1. The molecule has 1 aliphatic heterocycles. The molecule has 24 heavy (non-hydrogen) atoms. The van der Waals surface area contributed by atoms with Crippen LogP contribution < -0.4 is 5.32 Å². The number of nitrogens with one attached hydrogen (secondary N) is 2. The van der Waals surface area contributed by atoms with E-state index < -0.39 is 5.82 Å². The van der Waals surface area contributed by atoms with Gasteiger partial charge in [0.2, 0.25) is 0 Å². The Labute approximate surface area is 141 Å². The van der Waals surface area contributed by atoms with Gasteiger partial charge in [0.25, 0.3) is 5.91 Å². The van der Waals surface area contributed by atoms with Gasteiger partial charge < -0.3 is 10.3 Å². The summed E-state index contributed by atoms with van der Waals surface area (Å²) in [6.07, 6.45) is 2.35. The highest BCUT2D eigenvalue weighted by Gasteiger charge is 2.20. The zero-order chi connectivity index (χ0) is 16.7. The van der Waals surface area contributed by atoms with Gasteiger partial charge in [-0.3, -0.25) is 4.79 Å². The number of rotatable bonds is 2. The van der Waals surface area contributed by atoms with Crippen molar-refractivity contribution in [3.63, 3.8) is 0 Å². The first-order chi connectivity index (χ1) is 11.6. The Hall–Kier alpha value is -2.73. The Morgan fingerprint density at radius 1 is 1.21 bits per heavy atom. The van der Waals surface area contributed by atoms with Crippen LogP contribution in [0.3, 0.4) is 0 Å². The number of hydrogen-bond acceptors (Lipinski definition) is 3. The van der Waals surface area contributed by atoms with Gasteiger partial charge in [-0.05, 0) is 30.3 Å². The van der Waals surface area contributed by atoms with Crippen molar-refractivity contribution < 1.29 is 9.18 Å². The smallest absolute Gasteiger partial charge is 0.253 e. The van der Waals surface area contributed by atoms with E-state index in [0.29, 0.717) is 29.2 Å². The van der Waals surface area contributed by atoms with Gasteiger partial charge >= 0.3 is 0 Å². The molecular formula is C17H12ClFN4O. The summed E-state index contributed by atoms with van der Waals surface area (Å²) in [6, 6.07) is 7.95. The maximum absolute atomic E-state index is 13.6. The highest BCUT2D eigenvalue weighted by molar-refractivity contribution is 6.30. The third-order valence-electron chi connectivity index (χ3n) is 3.91. The molecule has 2 aromatic heterocycles. The largest absolute Gasteiger partial charge is 0.356 e. The fraction of sp³-hybridized carbons (Fsp3) is 0.118. The average molecular weight is 343 g/mol. The number of aromatic nitrogens is 3. The number of hydrogen-bond donors (Lipinski definition) is 2. The van der Waals surface area contributed by atoms with Gasteiger partial charge in [0.1, 0.15) is 5.82 Å². The Morgan fingerprint density at radius 3 is 2.88 bits per heavy atom. The van der Waals surface area contributed by atoms with Crippen LogP contribution in [0.2, 0.25) is 5.02 Å². The molecule has 1 amide bonds. The van der Waals surface area contributed by atoms with E-state index in [2.05, 4.69) is 20.3 Å². The molecule has 0 radical (unpaired) electrons. The van der Waals surface area contributed by atoms with Crippen LogP contribution in [-0.2, 0) is 6.42 Å². The van der Waals surface area contributed by atoms with Gasteiger partial charge in [0, 0.05) is 30.4 Å². The maximum atomic E-state index is 13.6. The van der Waals surface area contributed by atoms with E-state index in [1.165, 1.54) is 12.1 Å². The highest BCUT2D eigenvalue weighted by Crippen LogP contribution is 2.26. The van der Waals surface area contributed by atoms with Gasteiger partial charge in [0.05, 0.1) is 22.0 Å². The summed E-state index contributed by atoms with van der Waals surface area (Å²) in [6.45, 7) is 0.616. The van der Waals surface area contributed by atoms with E-state index in [9.17, 15) is 9.18 Å². The Kier molecular flexibility index (Phi) is 3.54. The van der Waals surface area contributed by atoms with E-state index >= 15 is 0 Å². The van der Waals surface area contributed by atoms with Crippen LogP contribution in [0.5, 0.6) is 0 Å². The van der Waals surface area contributed by atoms with Crippen LogP contribution >= 0.6 is 11.6 Å². The van der Waals surface area contributed by atoms with Crippen molar-refractivity contribution in [1.29, 1.82) is 0 Å². The normalized spacial score (nSPS) is 13.5. The van der Waals surface area contributed by atoms with Crippen LogP contribution in [0.15, 0.2) is 36.5 Å². The molecule has 0 saturated heterocycles. The molecule has 0 fully saturated rings. The summed E-state index contributed by atoms with van der Waals surface area (Å²) < 4.78 is 13.6. The molecule has 3 aromatic rings. The molecule has 1 aliphatic rings. The lowest BCUT2D eigenvalue weighted by atomic mass is 10.1. The minimum Gasteiger partial charge on any atom is -0.356 e. The molecule has 4 rings (SSSR count). The first-order valence-corrected chi connectivity index (χ1v) is 7.78. The van der Waals surface area contributed by atoms with Gasteiger partial charge in [0.15, 0.2) is 5.82 Å². The van der Waals surface area contributed by atoms with E-state index in [1.807, 2.05) is 0 Å². The second-order valence-electron chi connectivity index (χ2n) is 5.48. The molecule has 7 heteroatoms. The summed E-state index contributed by atoms with van der Waals surface area (Å²) >= 11 is 5.71. The Morgan fingerprint density at radius 2 is 2.08 bits per heavy atom. The van der Waals surface area contributed by atoms with Gasteiger partial charge in [-0.1, -0.05) is 11.6 Å². The van der Waals surface area contributed by atoms with E-state index in [4.69, 9.17) is 11.6 Å². The van der Waals surface area contributed by atoms with Gasteiger partial charge in [-0.25, -0.2) is 14.4 Å². The first-order valence-electron chi connectivity index (χ1n) is 7.41. The van der Waals surface area contributed by atoms with Crippen molar-refractivity contribution in [3.05, 3.63) is 58.6 Å². The predicted octanol–water partition coefficient (Wildman–Crippen LogP) is 3.22. The molecule has 0 saturated carbocycles. The Bertz CT molecular complexity index is 954. The third-order valence-corrected chi connectivity index (χ3v) is 4.22. The second kappa shape index (κ2) is 5.72. The zero-order valence-corrected chi connectivity index (χ0v) is 13.2. The molecule has 0 aliphatic carbocycles. The fourth-order valence-corrected chi connectivity index (χ4v) is 2.83. The molecule has 0 atom stereocenters. The highest BCUT2D eigenvalue weighted by atomic mass is 35.5. The number of carbonyl (C=O) groups is 1. The molecule has 1 aromatic carbocycles. The van der Waals surface area contributed by atoms with Crippen molar-refractivity contribution in [2.75, 3.05) is 6.54 Å². The van der Waals surface area contributed by atoms with Gasteiger partial charge in [-0.15, -0.1) is 0 Å². The van der Waals surface area contributed by atoms with Gasteiger partial charge in [-0.2, -0.15) is 0 Å². The standard InChI is InChI=1S/C17H12ClFN4O/c18-11-2-1-9(7-12(11)19)16-20-5-4-14(23-16)15-8-10-13(22-15)3-6-21-17(10)24/h1-2,4-5,7-8,22H,3,6H2,(H,21,24). The lowest BCUT2D eigenvalue weighted by Gasteiger charge is -2.10. The van der Waals surface area contributed by atoms with E-state index in [0.717, 1.165) is 17.8 Å². The zero-order valence-electron chi connectivity index (χ0n) is 12.4. The van der Waals surface area contributed by atoms with Crippen molar-refractivity contribution in [2.24, 2.45) is 0 Å². The molecule has 5 nitrogen and oxygen atoms in total. The molecule has 3 heterocycles. The van der Waals surface area contributed by atoms with Crippen molar-refractivity contribution >= 4 is 17.5 Å². The molecule has 0 spiro atoms. The average Bonchev–Trinajstić information content (AvgIpc) is 3.03. The number of fused-ring (bicyclic) bond motifs is 1. The van der Waals surface area contributed by atoms with E-state index in [-0.39, 0.29) is 10.9 Å². The topological polar surface area (TPSA) is 70.7 Å².